The number of nitrogens with zero attached hydrogens (tertiary/aromatic N) is 1. The molecule has 0 amide bonds. The molecule has 0 fully saturated rings. The summed E-state index contributed by atoms with van der Waals surface area (Å²) in [7, 11) is 0. The van der Waals surface area contributed by atoms with Gasteiger partial charge >= 0.3 is 0 Å². The van der Waals surface area contributed by atoms with Gasteiger partial charge in [-0.25, -0.2) is 0 Å². The van der Waals surface area contributed by atoms with E-state index in [9.17, 15) is 0 Å². The van der Waals surface area contributed by atoms with Gasteiger partial charge in [0.1, 0.15) is 0 Å². The van der Waals surface area contributed by atoms with Crippen molar-refractivity contribution >= 4 is 0 Å². The number of nitrogens with one attached hydrogen (secondary N) is 1. The van der Waals surface area contributed by atoms with Gasteiger partial charge in [0.15, 0.2) is 0 Å². The highest BCUT2D eigenvalue weighted by Crippen LogP contribution is 2.18. The van der Waals surface area contributed by atoms with E-state index in [1.165, 1.54) is 11.1 Å². The Morgan fingerprint density at radius 2 is 2.23 bits per heavy atom. The monoisotopic (exact) mass is 178 g/mol. The Bertz CT molecular complexity index is 258. The van der Waals surface area contributed by atoms with E-state index in [1.807, 2.05) is 12.4 Å². The van der Waals surface area contributed by atoms with Gasteiger partial charge in [0.25, 0.3) is 0 Å². The summed E-state index contributed by atoms with van der Waals surface area (Å²) in [6.07, 6.45) is 4.92. The van der Waals surface area contributed by atoms with E-state index >= 15 is 0 Å². The van der Waals surface area contributed by atoms with Crippen molar-refractivity contribution in [3.63, 3.8) is 0 Å². The van der Waals surface area contributed by atoms with Gasteiger partial charge < -0.3 is 5.32 Å². The second kappa shape index (κ2) is 4.97. The molecule has 0 aliphatic rings. The molecule has 0 aromatic carbocycles. The Labute approximate surface area is 80.4 Å². The molecule has 13 heavy (non-hydrogen) atoms. The molecular formula is C11H18N2. The SMILES string of the molecule is CCNC(CC)c1cnccc1C. The van der Waals surface area contributed by atoms with Crippen LogP contribution in [0, 0.1) is 6.92 Å². The van der Waals surface area contributed by atoms with E-state index in [-0.39, 0.29) is 0 Å². The third kappa shape index (κ3) is 2.52. The Kier molecular flexibility index (Phi) is 3.90. The first-order valence-electron chi connectivity index (χ1n) is 4.93. The second-order valence-corrected chi connectivity index (χ2v) is 3.25. The van der Waals surface area contributed by atoms with Gasteiger partial charge in [-0.3, -0.25) is 4.98 Å². The van der Waals surface area contributed by atoms with E-state index in [4.69, 9.17) is 0 Å². The highest BCUT2D eigenvalue weighted by atomic mass is 14.9. The van der Waals surface area contributed by atoms with Crippen LogP contribution >= 0.6 is 0 Å². The number of hydrogen-bond donors (Lipinski definition) is 1. The summed E-state index contributed by atoms with van der Waals surface area (Å²) in [4.78, 5) is 4.16. The summed E-state index contributed by atoms with van der Waals surface area (Å²) in [5, 5.41) is 3.45. The highest BCUT2D eigenvalue weighted by molar-refractivity contribution is 5.24. The lowest BCUT2D eigenvalue weighted by Crippen LogP contribution is -2.20. The number of aromatic nitrogens is 1. The van der Waals surface area contributed by atoms with E-state index in [0.29, 0.717) is 6.04 Å². The molecule has 0 aliphatic heterocycles. The predicted octanol–water partition coefficient (Wildman–Crippen LogP) is 2.45. The third-order valence-corrected chi connectivity index (χ3v) is 2.31. The van der Waals surface area contributed by atoms with Crippen molar-refractivity contribution in [1.82, 2.24) is 10.3 Å². The van der Waals surface area contributed by atoms with Crippen LogP contribution in [0.2, 0.25) is 0 Å². The molecule has 1 atom stereocenters. The normalized spacial score (nSPS) is 12.8. The molecule has 0 saturated carbocycles. The van der Waals surface area contributed by atoms with Crippen LogP contribution in [0.25, 0.3) is 0 Å². The van der Waals surface area contributed by atoms with Crippen LogP contribution in [0.15, 0.2) is 18.5 Å². The van der Waals surface area contributed by atoms with Crippen molar-refractivity contribution in [3.05, 3.63) is 29.6 Å². The summed E-state index contributed by atoms with van der Waals surface area (Å²) in [6.45, 7) is 7.47. The van der Waals surface area contributed by atoms with E-state index in [2.05, 4.69) is 37.1 Å². The molecule has 0 saturated heterocycles. The third-order valence-electron chi connectivity index (χ3n) is 2.31. The van der Waals surface area contributed by atoms with E-state index in [0.717, 1.165) is 13.0 Å². The highest BCUT2D eigenvalue weighted by Gasteiger charge is 2.09. The zero-order valence-electron chi connectivity index (χ0n) is 8.67. The van der Waals surface area contributed by atoms with Gasteiger partial charge in [-0.15, -0.1) is 0 Å². The van der Waals surface area contributed by atoms with Crippen LogP contribution in [0.5, 0.6) is 0 Å². The Hall–Kier alpha value is -0.890. The Morgan fingerprint density at radius 3 is 2.77 bits per heavy atom. The van der Waals surface area contributed by atoms with Crippen molar-refractivity contribution in [3.8, 4) is 0 Å². The maximum absolute atomic E-state index is 4.16. The quantitative estimate of drug-likeness (QED) is 0.766. The van der Waals surface area contributed by atoms with Gasteiger partial charge in [0.2, 0.25) is 0 Å². The molecule has 1 unspecified atom stereocenters. The van der Waals surface area contributed by atoms with Gasteiger partial charge in [-0.1, -0.05) is 13.8 Å². The molecular weight excluding hydrogens is 160 g/mol. The smallest absolute Gasteiger partial charge is 0.0335 e. The molecule has 72 valence electrons. The fraction of sp³-hybridized carbons (Fsp3) is 0.545. The van der Waals surface area contributed by atoms with Gasteiger partial charge in [-0.2, -0.15) is 0 Å². The molecule has 1 rings (SSSR count). The second-order valence-electron chi connectivity index (χ2n) is 3.25. The first-order chi connectivity index (χ1) is 6.29. The van der Waals surface area contributed by atoms with Crippen LogP contribution in [-0.4, -0.2) is 11.5 Å². The zero-order valence-corrected chi connectivity index (χ0v) is 8.67. The maximum Gasteiger partial charge on any atom is 0.0335 e. The van der Waals surface area contributed by atoms with Crippen LogP contribution in [0.1, 0.15) is 37.4 Å². The molecule has 2 nitrogen and oxygen atoms in total. The topological polar surface area (TPSA) is 24.9 Å². The van der Waals surface area contributed by atoms with Crippen molar-refractivity contribution in [2.75, 3.05) is 6.54 Å². The number of rotatable bonds is 4. The Balaban J connectivity index is 2.84. The van der Waals surface area contributed by atoms with Gasteiger partial charge in [0, 0.05) is 18.4 Å². The van der Waals surface area contributed by atoms with E-state index < -0.39 is 0 Å². The summed E-state index contributed by atoms with van der Waals surface area (Å²) in [6, 6.07) is 2.52. The molecule has 2 heteroatoms. The van der Waals surface area contributed by atoms with Crippen LogP contribution in [0.4, 0.5) is 0 Å². The molecule has 1 aromatic rings. The standard InChI is InChI=1S/C11H18N2/c1-4-11(13-5-2)10-8-12-7-6-9(10)3/h6-8,11,13H,4-5H2,1-3H3. The summed E-state index contributed by atoms with van der Waals surface area (Å²) < 4.78 is 0. The molecule has 0 aliphatic carbocycles. The summed E-state index contributed by atoms with van der Waals surface area (Å²) >= 11 is 0. The first kappa shape index (κ1) is 10.2. The van der Waals surface area contributed by atoms with Crippen molar-refractivity contribution in [2.45, 2.75) is 33.2 Å². The summed E-state index contributed by atoms with van der Waals surface area (Å²) in [5.41, 5.74) is 2.65. The number of pyridine rings is 1. The zero-order chi connectivity index (χ0) is 9.68. The first-order valence-corrected chi connectivity index (χ1v) is 4.93. The fourth-order valence-electron chi connectivity index (χ4n) is 1.56. The predicted molar refractivity (Wildman–Crippen MR) is 55.7 cm³/mol. The van der Waals surface area contributed by atoms with Crippen molar-refractivity contribution in [1.29, 1.82) is 0 Å². The van der Waals surface area contributed by atoms with Crippen LogP contribution < -0.4 is 5.32 Å². The largest absolute Gasteiger partial charge is 0.310 e. The van der Waals surface area contributed by atoms with E-state index in [1.54, 1.807) is 0 Å². The van der Waals surface area contributed by atoms with Gasteiger partial charge in [0.05, 0.1) is 0 Å². The molecule has 0 bridgehead atoms. The molecule has 0 spiro atoms. The maximum atomic E-state index is 4.16. The molecule has 0 radical (unpaired) electrons. The minimum Gasteiger partial charge on any atom is -0.310 e. The minimum absolute atomic E-state index is 0.457. The Morgan fingerprint density at radius 1 is 1.46 bits per heavy atom. The molecule has 1 N–H and O–H groups in total. The molecule has 1 heterocycles. The van der Waals surface area contributed by atoms with Crippen molar-refractivity contribution in [2.24, 2.45) is 0 Å². The lowest BCUT2D eigenvalue weighted by molar-refractivity contribution is 0.533. The lowest BCUT2D eigenvalue weighted by atomic mass is 10.0. The lowest BCUT2D eigenvalue weighted by Gasteiger charge is -2.17. The van der Waals surface area contributed by atoms with Crippen LogP contribution in [0.3, 0.4) is 0 Å². The minimum atomic E-state index is 0.457. The molecule has 1 aromatic heterocycles. The number of aryl methyl sites for hydroxylation is 1. The number of hydrogen-bond acceptors (Lipinski definition) is 2. The van der Waals surface area contributed by atoms with Crippen molar-refractivity contribution < 1.29 is 0 Å². The van der Waals surface area contributed by atoms with Gasteiger partial charge in [-0.05, 0) is 37.1 Å². The fourth-order valence-corrected chi connectivity index (χ4v) is 1.56. The van der Waals surface area contributed by atoms with Crippen LogP contribution in [-0.2, 0) is 0 Å². The summed E-state index contributed by atoms with van der Waals surface area (Å²) in [5.74, 6) is 0. The average molecular weight is 178 g/mol. The average Bonchev–Trinajstić information content (AvgIpc) is 2.16.